The van der Waals surface area contributed by atoms with Crippen LogP contribution in [0.3, 0.4) is 0 Å². The maximum atomic E-state index is 12.6. The number of alkyl halides is 3. The lowest BCUT2D eigenvalue weighted by atomic mass is 10.2. The van der Waals surface area contributed by atoms with Gasteiger partial charge in [-0.3, -0.25) is 0 Å². The highest BCUT2D eigenvalue weighted by Gasteiger charge is 2.30. The van der Waals surface area contributed by atoms with Gasteiger partial charge in [0, 0.05) is 12.1 Å². The van der Waals surface area contributed by atoms with Gasteiger partial charge in [-0.05, 0) is 31.3 Å². The fraction of sp³-hybridized carbons (Fsp3) is 0.286. The van der Waals surface area contributed by atoms with Crippen LogP contribution in [-0.2, 0) is 19.3 Å². The summed E-state index contributed by atoms with van der Waals surface area (Å²) in [5.74, 6) is 0.753. The number of hydrogen-bond acceptors (Lipinski definition) is 3. The molecule has 1 N–H and O–H groups in total. The van der Waals surface area contributed by atoms with Gasteiger partial charge in [0.05, 0.1) is 11.8 Å². The van der Waals surface area contributed by atoms with E-state index in [9.17, 15) is 13.2 Å². The molecule has 0 saturated carbocycles. The molecule has 0 atom stereocenters. The lowest BCUT2D eigenvalue weighted by molar-refractivity contribution is -0.137. The van der Waals surface area contributed by atoms with Gasteiger partial charge in [0.25, 0.3) is 0 Å². The summed E-state index contributed by atoms with van der Waals surface area (Å²) in [5, 5.41) is 2.97. The molecule has 0 unspecified atom stereocenters. The second-order valence-electron chi connectivity index (χ2n) is 4.21. The standard InChI is InChI=1S/C14H14F3NO2/c1-18-8-10-5-6-19-13(10)9-20-12-4-2-3-11(7-12)14(15,16)17/h2-7,18H,8-9H2,1H3. The van der Waals surface area contributed by atoms with E-state index in [2.05, 4.69) is 5.32 Å². The third-order valence-electron chi connectivity index (χ3n) is 2.74. The summed E-state index contributed by atoms with van der Waals surface area (Å²) in [7, 11) is 1.80. The summed E-state index contributed by atoms with van der Waals surface area (Å²) in [6, 6.07) is 6.57. The summed E-state index contributed by atoms with van der Waals surface area (Å²) >= 11 is 0. The average Bonchev–Trinajstić information content (AvgIpc) is 2.84. The molecule has 0 radical (unpaired) electrons. The van der Waals surface area contributed by atoms with E-state index in [0.717, 1.165) is 17.7 Å². The first kappa shape index (κ1) is 14.5. The molecule has 0 amide bonds. The smallest absolute Gasteiger partial charge is 0.416 e. The van der Waals surface area contributed by atoms with Crippen LogP contribution in [-0.4, -0.2) is 7.05 Å². The Balaban J connectivity index is 2.05. The van der Waals surface area contributed by atoms with Crippen LogP contribution in [0, 0.1) is 0 Å². The van der Waals surface area contributed by atoms with E-state index >= 15 is 0 Å². The van der Waals surface area contributed by atoms with Crippen molar-refractivity contribution in [2.24, 2.45) is 0 Å². The van der Waals surface area contributed by atoms with E-state index in [1.54, 1.807) is 13.1 Å². The summed E-state index contributed by atoms with van der Waals surface area (Å²) in [5.41, 5.74) is 0.185. The van der Waals surface area contributed by atoms with Crippen molar-refractivity contribution in [1.29, 1.82) is 0 Å². The van der Waals surface area contributed by atoms with Gasteiger partial charge in [-0.2, -0.15) is 13.2 Å². The molecule has 0 spiro atoms. The van der Waals surface area contributed by atoms with Gasteiger partial charge < -0.3 is 14.5 Å². The molecule has 2 rings (SSSR count). The summed E-state index contributed by atoms with van der Waals surface area (Å²) in [6.45, 7) is 0.698. The minimum Gasteiger partial charge on any atom is -0.486 e. The van der Waals surface area contributed by atoms with E-state index in [0.29, 0.717) is 12.3 Å². The Kier molecular flexibility index (Phi) is 4.34. The molecule has 0 bridgehead atoms. The molecule has 0 saturated heterocycles. The zero-order valence-corrected chi connectivity index (χ0v) is 10.8. The van der Waals surface area contributed by atoms with Crippen molar-refractivity contribution in [3.63, 3.8) is 0 Å². The molecule has 2 aromatic rings. The van der Waals surface area contributed by atoms with Crippen molar-refractivity contribution in [2.75, 3.05) is 7.05 Å². The van der Waals surface area contributed by atoms with Crippen LogP contribution < -0.4 is 10.1 Å². The topological polar surface area (TPSA) is 34.4 Å². The Morgan fingerprint density at radius 1 is 1.25 bits per heavy atom. The van der Waals surface area contributed by atoms with E-state index in [1.165, 1.54) is 18.4 Å². The summed E-state index contributed by atoms with van der Waals surface area (Å²) in [4.78, 5) is 0. The van der Waals surface area contributed by atoms with Gasteiger partial charge in [-0.25, -0.2) is 0 Å². The highest BCUT2D eigenvalue weighted by molar-refractivity contribution is 5.30. The minimum atomic E-state index is -4.37. The number of rotatable bonds is 5. The highest BCUT2D eigenvalue weighted by Crippen LogP contribution is 2.31. The van der Waals surface area contributed by atoms with Gasteiger partial charge in [-0.1, -0.05) is 6.07 Å². The van der Waals surface area contributed by atoms with Crippen LogP contribution in [0.15, 0.2) is 41.0 Å². The van der Waals surface area contributed by atoms with Crippen LogP contribution in [0.2, 0.25) is 0 Å². The zero-order valence-electron chi connectivity index (χ0n) is 10.8. The van der Waals surface area contributed by atoms with Crippen LogP contribution in [0.4, 0.5) is 13.2 Å². The molecule has 20 heavy (non-hydrogen) atoms. The molecule has 3 nitrogen and oxygen atoms in total. The van der Waals surface area contributed by atoms with Gasteiger partial charge in [0.2, 0.25) is 0 Å². The Morgan fingerprint density at radius 2 is 2.05 bits per heavy atom. The fourth-order valence-electron chi connectivity index (χ4n) is 1.75. The summed E-state index contributed by atoms with van der Waals surface area (Å²) < 4.78 is 48.3. The maximum absolute atomic E-state index is 12.6. The fourth-order valence-corrected chi connectivity index (χ4v) is 1.75. The first-order valence-corrected chi connectivity index (χ1v) is 6.00. The molecule has 1 heterocycles. The number of benzene rings is 1. The van der Waals surface area contributed by atoms with Gasteiger partial charge in [0.15, 0.2) is 0 Å². The normalized spacial score (nSPS) is 11.6. The molecule has 1 aromatic carbocycles. The second kappa shape index (κ2) is 6.00. The predicted octanol–water partition coefficient (Wildman–Crippen LogP) is 3.60. The number of halogens is 3. The Hall–Kier alpha value is -1.95. The van der Waals surface area contributed by atoms with Crippen molar-refractivity contribution in [3.8, 4) is 5.75 Å². The van der Waals surface area contributed by atoms with Gasteiger partial charge in [-0.15, -0.1) is 0 Å². The van der Waals surface area contributed by atoms with E-state index in [1.807, 2.05) is 0 Å². The van der Waals surface area contributed by atoms with Crippen LogP contribution in [0.25, 0.3) is 0 Å². The molecule has 0 fully saturated rings. The van der Waals surface area contributed by atoms with E-state index < -0.39 is 11.7 Å². The number of hydrogen-bond donors (Lipinski definition) is 1. The zero-order chi connectivity index (χ0) is 14.6. The van der Waals surface area contributed by atoms with Crippen molar-refractivity contribution in [2.45, 2.75) is 19.3 Å². The van der Waals surface area contributed by atoms with Crippen molar-refractivity contribution in [3.05, 3.63) is 53.5 Å². The van der Waals surface area contributed by atoms with Crippen LogP contribution in [0.5, 0.6) is 5.75 Å². The summed E-state index contributed by atoms with van der Waals surface area (Å²) in [6.07, 6.45) is -2.85. The first-order valence-electron chi connectivity index (χ1n) is 6.00. The Bertz CT molecular complexity index is 564. The third-order valence-corrected chi connectivity index (χ3v) is 2.74. The van der Waals surface area contributed by atoms with Crippen molar-refractivity contribution in [1.82, 2.24) is 5.32 Å². The SMILES string of the molecule is CNCc1ccoc1COc1cccc(C(F)(F)F)c1. The van der Waals surface area contributed by atoms with Gasteiger partial charge in [0.1, 0.15) is 18.1 Å². The van der Waals surface area contributed by atoms with Crippen LogP contribution >= 0.6 is 0 Å². The van der Waals surface area contributed by atoms with Crippen LogP contribution in [0.1, 0.15) is 16.9 Å². The van der Waals surface area contributed by atoms with E-state index in [-0.39, 0.29) is 12.4 Å². The molecular weight excluding hydrogens is 271 g/mol. The largest absolute Gasteiger partial charge is 0.486 e. The lowest BCUT2D eigenvalue weighted by Crippen LogP contribution is -2.08. The number of furan rings is 1. The van der Waals surface area contributed by atoms with E-state index in [4.69, 9.17) is 9.15 Å². The maximum Gasteiger partial charge on any atom is 0.416 e. The second-order valence-corrected chi connectivity index (χ2v) is 4.21. The number of nitrogens with one attached hydrogen (secondary N) is 1. The van der Waals surface area contributed by atoms with Crippen molar-refractivity contribution >= 4 is 0 Å². The average molecular weight is 285 g/mol. The monoisotopic (exact) mass is 285 g/mol. The molecule has 0 aliphatic heterocycles. The molecule has 0 aliphatic rings. The number of ether oxygens (including phenoxy) is 1. The minimum absolute atomic E-state index is 0.0886. The molecule has 0 aliphatic carbocycles. The Morgan fingerprint density at radius 3 is 2.75 bits per heavy atom. The Labute approximate surface area is 114 Å². The molecule has 1 aromatic heterocycles. The van der Waals surface area contributed by atoms with Crippen molar-refractivity contribution < 1.29 is 22.3 Å². The molecular formula is C14H14F3NO2. The quantitative estimate of drug-likeness (QED) is 0.911. The first-order chi connectivity index (χ1) is 9.50. The van der Waals surface area contributed by atoms with Gasteiger partial charge >= 0.3 is 6.18 Å². The molecule has 6 heteroatoms. The predicted molar refractivity (Wildman–Crippen MR) is 67.2 cm³/mol. The molecule has 108 valence electrons. The lowest BCUT2D eigenvalue weighted by Gasteiger charge is -2.10. The third kappa shape index (κ3) is 3.54. The highest BCUT2D eigenvalue weighted by atomic mass is 19.4.